The van der Waals surface area contributed by atoms with Crippen molar-refractivity contribution in [2.45, 2.75) is 6.92 Å². The summed E-state index contributed by atoms with van der Waals surface area (Å²) in [5.74, 6) is -0.182. The minimum Gasteiger partial charge on any atom is -0.321 e. The van der Waals surface area contributed by atoms with E-state index in [2.05, 4.69) is 14.9 Å². The number of anilines is 1. The Balaban J connectivity index is 1.90. The summed E-state index contributed by atoms with van der Waals surface area (Å²) in [6.07, 6.45) is 0. The predicted molar refractivity (Wildman–Crippen MR) is 84.5 cm³/mol. The van der Waals surface area contributed by atoms with Crippen molar-refractivity contribution in [2.24, 2.45) is 0 Å². The third-order valence-corrected chi connectivity index (χ3v) is 3.86. The molecule has 1 N–H and O–H groups in total. The molecule has 21 heavy (non-hydrogen) atoms. The van der Waals surface area contributed by atoms with Gasteiger partial charge in [-0.15, -0.1) is 5.10 Å². The summed E-state index contributed by atoms with van der Waals surface area (Å²) < 4.78 is 3.91. The summed E-state index contributed by atoms with van der Waals surface area (Å²) >= 11 is 1.10. The van der Waals surface area contributed by atoms with E-state index < -0.39 is 0 Å². The van der Waals surface area contributed by atoms with Crippen molar-refractivity contribution in [3.05, 3.63) is 65.0 Å². The van der Waals surface area contributed by atoms with Crippen LogP contribution in [0.4, 0.5) is 5.69 Å². The third kappa shape index (κ3) is 2.83. The van der Waals surface area contributed by atoms with E-state index in [0.29, 0.717) is 10.6 Å². The van der Waals surface area contributed by atoms with E-state index in [1.807, 2.05) is 61.5 Å². The van der Waals surface area contributed by atoms with Gasteiger partial charge in [0.1, 0.15) is 10.6 Å². The standard InChI is InChI=1S/C16H13N3OS/c1-11-7-5-6-10-13(11)17-16(20)15-14(18-19-21-15)12-8-3-2-4-9-12/h2-10H,1H3,(H,17,20). The molecule has 0 atom stereocenters. The molecule has 104 valence electrons. The average Bonchev–Trinajstić information content (AvgIpc) is 3.00. The summed E-state index contributed by atoms with van der Waals surface area (Å²) in [6.45, 7) is 1.96. The van der Waals surface area contributed by atoms with E-state index in [-0.39, 0.29) is 5.91 Å². The van der Waals surface area contributed by atoms with Crippen molar-refractivity contribution in [1.82, 2.24) is 9.59 Å². The van der Waals surface area contributed by atoms with Crippen LogP contribution in [0.15, 0.2) is 54.6 Å². The lowest BCUT2D eigenvalue weighted by Gasteiger charge is -2.07. The molecule has 0 radical (unpaired) electrons. The van der Waals surface area contributed by atoms with E-state index in [0.717, 1.165) is 28.3 Å². The van der Waals surface area contributed by atoms with Gasteiger partial charge in [0.2, 0.25) is 0 Å². The molecule has 3 aromatic rings. The zero-order valence-electron chi connectivity index (χ0n) is 11.4. The number of benzene rings is 2. The summed E-state index contributed by atoms with van der Waals surface area (Å²) in [6, 6.07) is 17.3. The maximum atomic E-state index is 12.4. The summed E-state index contributed by atoms with van der Waals surface area (Å²) in [4.78, 5) is 13.0. The van der Waals surface area contributed by atoms with Crippen LogP contribution in [0, 0.1) is 6.92 Å². The topological polar surface area (TPSA) is 54.9 Å². The highest BCUT2D eigenvalue weighted by molar-refractivity contribution is 7.08. The second-order valence-electron chi connectivity index (χ2n) is 4.59. The van der Waals surface area contributed by atoms with E-state index in [9.17, 15) is 4.79 Å². The molecule has 0 fully saturated rings. The molecule has 0 aliphatic heterocycles. The Morgan fingerprint density at radius 1 is 1.05 bits per heavy atom. The van der Waals surface area contributed by atoms with Crippen molar-refractivity contribution in [3.63, 3.8) is 0 Å². The van der Waals surface area contributed by atoms with Crippen LogP contribution in [0.2, 0.25) is 0 Å². The minimum atomic E-state index is -0.182. The van der Waals surface area contributed by atoms with Crippen LogP contribution >= 0.6 is 11.5 Å². The van der Waals surface area contributed by atoms with Gasteiger partial charge < -0.3 is 5.32 Å². The lowest BCUT2D eigenvalue weighted by atomic mass is 10.1. The number of nitrogens with zero attached hydrogens (tertiary/aromatic N) is 2. The molecule has 1 aromatic heterocycles. The SMILES string of the molecule is Cc1ccccc1NC(=O)c1snnc1-c1ccccc1. The number of amides is 1. The second kappa shape index (κ2) is 5.85. The second-order valence-corrected chi connectivity index (χ2v) is 5.34. The van der Waals surface area contributed by atoms with Crippen LogP contribution < -0.4 is 5.32 Å². The molecule has 1 amide bonds. The van der Waals surface area contributed by atoms with Crippen molar-refractivity contribution < 1.29 is 4.79 Å². The largest absolute Gasteiger partial charge is 0.321 e. The van der Waals surface area contributed by atoms with Gasteiger partial charge in [0.25, 0.3) is 5.91 Å². The highest BCUT2D eigenvalue weighted by atomic mass is 32.1. The molecule has 0 spiro atoms. The molecular formula is C16H13N3OS. The maximum Gasteiger partial charge on any atom is 0.269 e. The number of aromatic nitrogens is 2. The number of rotatable bonds is 3. The molecule has 0 aliphatic carbocycles. The summed E-state index contributed by atoms with van der Waals surface area (Å²) in [7, 11) is 0. The molecule has 0 aliphatic rings. The number of hydrogen-bond acceptors (Lipinski definition) is 4. The van der Waals surface area contributed by atoms with Gasteiger partial charge in [-0.3, -0.25) is 4.79 Å². The minimum absolute atomic E-state index is 0.182. The fourth-order valence-electron chi connectivity index (χ4n) is 2.02. The highest BCUT2D eigenvalue weighted by Crippen LogP contribution is 2.25. The van der Waals surface area contributed by atoms with Gasteiger partial charge in [-0.05, 0) is 30.1 Å². The predicted octanol–water partition coefficient (Wildman–Crippen LogP) is 3.77. The lowest BCUT2D eigenvalue weighted by molar-refractivity contribution is 0.103. The Kier molecular flexibility index (Phi) is 3.75. The van der Waals surface area contributed by atoms with Gasteiger partial charge in [0.15, 0.2) is 0 Å². The first-order valence-corrected chi connectivity index (χ1v) is 7.28. The zero-order chi connectivity index (χ0) is 14.7. The Hall–Kier alpha value is -2.53. The number of hydrogen-bond donors (Lipinski definition) is 1. The van der Waals surface area contributed by atoms with Crippen LogP contribution in [0.25, 0.3) is 11.3 Å². The number of nitrogens with one attached hydrogen (secondary N) is 1. The van der Waals surface area contributed by atoms with E-state index in [1.165, 1.54) is 0 Å². The highest BCUT2D eigenvalue weighted by Gasteiger charge is 2.18. The molecule has 0 saturated heterocycles. The van der Waals surface area contributed by atoms with Crippen molar-refractivity contribution >= 4 is 23.1 Å². The van der Waals surface area contributed by atoms with Gasteiger partial charge in [-0.2, -0.15) is 0 Å². The van der Waals surface area contributed by atoms with Crippen LogP contribution in [0.1, 0.15) is 15.2 Å². The first kappa shape index (κ1) is 13.5. The molecule has 0 bridgehead atoms. The van der Waals surface area contributed by atoms with Gasteiger partial charge >= 0.3 is 0 Å². The summed E-state index contributed by atoms with van der Waals surface area (Å²) in [5.41, 5.74) is 3.33. The smallest absolute Gasteiger partial charge is 0.269 e. The molecular weight excluding hydrogens is 282 g/mol. The Morgan fingerprint density at radius 3 is 2.52 bits per heavy atom. The van der Waals surface area contributed by atoms with E-state index in [4.69, 9.17) is 0 Å². The molecule has 3 rings (SSSR count). The van der Waals surface area contributed by atoms with E-state index in [1.54, 1.807) is 0 Å². The van der Waals surface area contributed by atoms with E-state index >= 15 is 0 Å². The maximum absolute atomic E-state index is 12.4. The Bertz CT molecular complexity index is 768. The number of carbonyl (C=O) groups excluding carboxylic acids is 1. The van der Waals surface area contributed by atoms with Gasteiger partial charge in [-0.25, -0.2) is 0 Å². The monoisotopic (exact) mass is 295 g/mol. The number of carbonyl (C=O) groups is 1. The molecule has 0 unspecified atom stereocenters. The first-order chi connectivity index (χ1) is 10.3. The fourth-order valence-corrected chi connectivity index (χ4v) is 2.60. The Labute approximate surface area is 126 Å². The lowest BCUT2D eigenvalue weighted by Crippen LogP contribution is -2.12. The van der Waals surface area contributed by atoms with Gasteiger partial charge in [0.05, 0.1) is 0 Å². The van der Waals surface area contributed by atoms with Crippen LogP contribution in [-0.2, 0) is 0 Å². The summed E-state index contributed by atoms with van der Waals surface area (Å²) in [5, 5.41) is 6.99. The van der Waals surface area contributed by atoms with Crippen LogP contribution in [0.5, 0.6) is 0 Å². The molecule has 4 nitrogen and oxygen atoms in total. The van der Waals surface area contributed by atoms with Crippen LogP contribution in [-0.4, -0.2) is 15.5 Å². The molecule has 1 heterocycles. The first-order valence-electron chi connectivity index (χ1n) is 6.50. The number of aryl methyl sites for hydroxylation is 1. The normalized spacial score (nSPS) is 10.3. The van der Waals surface area contributed by atoms with Gasteiger partial charge in [0, 0.05) is 11.3 Å². The average molecular weight is 295 g/mol. The number of para-hydroxylation sites is 1. The quantitative estimate of drug-likeness (QED) is 0.800. The molecule has 0 saturated carbocycles. The fraction of sp³-hybridized carbons (Fsp3) is 0.0625. The third-order valence-electron chi connectivity index (χ3n) is 3.13. The van der Waals surface area contributed by atoms with Crippen molar-refractivity contribution in [3.8, 4) is 11.3 Å². The molecule has 2 aromatic carbocycles. The van der Waals surface area contributed by atoms with Crippen molar-refractivity contribution in [2.75, 3.05) is 5.32 Å². The molecule has 5 heteroatoms. The van der Waals surface area contributed by atoms with Gasteiger partial charge in [-0.1, -0.05) is 53.0 Å². The Morgan fingerprint density at radius 2 is 1.76 bits per heavy atom. The van der Waals surface area contributed by atoms with Crippen LogP contribution in [0.3, 0.4) is 0 Å². The van der Waals surface area contributed by atoms with Crippen molar-refractivity contribution in [1.29, 1.82) is 0 Å². The zero-order valence-corrected chi connectivity index (χ0v) is 12.2.